The first-order chi connectivity index (χ1) is 49.6. The van der Waals surface area contributed by atoms with Gasteiger partial charge in [0.05, 0.1) is 79.1 Å². The predicted octanol–water partition coefficient (Wildman–Crippen LogP) is 12.3. The van der Waals surface area contributed by atoms with E-state index in [9.17, 15) is 33.9 Å². The van der Waals surface area contributed by atoms with E-state index in [-0.39, 0.29) is 57.7 Å². The van der Waals surface area contributed by atoms with Crippen molar-refractivity contribution in [2.24, 2.45) is 34.0 Å². The molecule has 1 aliphatic heterocycles. The molecule has 1 saturated heterocycles. The van der Waals surface area contributed by atoms with Gasteiger partial charge in [0.1, 0.15) is 41.4 Å². The molecule has 0 spiro atoms. The number of amides is 3. The maximum Gasteiger partial charge on any atom is 0.313 e. The van der Waals surface area contributed by atoms with E-state index in [2.05, 4.69) is 73.2 Å². The summed E-state index contributed by atoms with van der Waals surface area (Å²) in [4.78, 5) is 101. The molecule has 5 aromatic carbocycles. The van der Waals surface area contributed by atoms with Gasteiger partial charge in [-0.2, -0.15) is 0 Å². The number of carbonyl (C=O) groups excluding carboxylic acids is 6. The zero-order valence-corrected chi connectivity index (χ0v) is 65.5. The molecule has 3 heterocycles. The van der Waals surface area contributed by atoms with Crippen LogP contribution in [0, 0.1) is 34.0 Å². The molecule has 3 radical (unpaired) electrons. The Labute approximate surface area is 625 Å². The van der Waals surface area contributed by atoms with Crippen molar-refractivity contribution in [3.63, 3.8) is 0 Å². The summed E-state index contributed by atoms with van der Waals surface area (Å²) in [6.07, 6.45) is 2.44. The van der Waals surface area contributed by atoms with E-state index in [0.717, 1.165) is 93.7 Å². The van der Waals surface area contributed by atoms with Gasteiger partial charge in [0.15, 0.2) is 0 Å². The van der Waals surface area contributed by atoms with Crippen molar-refractivity contribution >= 4 is 99.4 Å². The number of pyridine rings is 2. The number of phenolic OH excluding ortho intramolecular Hbond substituents is 1. The number of anilines is 1. The molecule has 3 N–H and O–H groups in total. The monoisotopic (exact) mass is 1490 g/mol. The number of hydroxylamine groups is 5. The van der Waals surface area contributed by atoms with Gasteiger partial charge in [0.2, 0.25) is 17.7 Å². The number of benzene rings is 5. The number of aromatic hydroxyl groups is 1. The highest BCUT2D eigenvalue weighted by Crippen LogP contribution is 2.59. The number of phenols is 1. The highest BCUT2D eigenvalue weighted by Gasteiger charge is 2.67. The molecule has 2 aromatic heterocycles. The number of aromatic nitrogens is 2. The molecule has 4 fully saturated rings. The number of ether oxygens (including phenoxy) is 5. The lowest BCUT2D eigenvalue weighted by atomic mass is 9.93. The number of para-hydroxylation sites is 2. The number of hydrogen-bond donors (Lipinski definition) is 3. The molecule has 26 heteroatoms. The Morgan fingerprint density at radius 1 is 0.552 bits per heavy atom. The van der Waals surface area contributed by atoms with E-state index >= 15 is 0 Å². The van der Waals surface area contributed by atoms with Crippen LogP contribution >= 0.6 is 11.6 Å². The zero-order valence-electron chi connectivity index (χ0n) is 62.7. The molecule has 105 heavy (non-hydrogen) atoms. The number of carbonyl (C=O) groups is 6. The maximum atomic E-state index is 13.3. The largest absolute Gasteiger partial charge is 0.508 e. The number of esters is 3. The lowest BCUT2D eigenvalue weighted by molar-refractivity contribution is -0.179. The summed E-state index contributed by atoms with van der Waals surface area (Å²) in [6.45, 7) is 25.3. The minimum atomic E-state index is -1.37. The number of nitrogens with one attached hydrogen (secondary N) is 1. The highest BCUT2D eigenvalue weighted by molar-refractivity contribution is 6.76. The topological polar surface area (TPSA) is 258 Å². The van der Waals surface area contributed by atoms with Gasteiger partial charge in [0, 0.05) is 85.7 Å². The molecular formula is C79H102BClN7O15Si2. The summed E-state index contributed by atoms with van der Waals surface area (Å²) in [6, 6.07) is 43.7. The zero-order chi connectivity index (χ0) is 75.2. The van der Waals surface area contributed by atoms with Crippen molar-refractivity contribution < 1.29 is 72.4 Å². The van der Waals surface area contributed by atoms with Gasteiger partial charge in [0.25, 0.3) is 0 Å². The Hall–Kier alpha value is -8.43. The van der Waals surface area contributed by atoms with E-state index in [1.807, 2.05) is 97.1 Å². The van der Waals surface area contributed by atoms with Crippen molar-refractivity contribution in [3.8, 4) is 17.2 Å². The number of likely N-dealkylation sites (N-methyl/N-ethyl adjacent to an activating group) is 1. The second-order valence-electron chi connectivity index (χ2n) is 29.9. The quantitative estimate of drug-likeness (QED) is 0.00944. The van der Waals surface area contributed by atoms with Crippen LogP contribution in [0.4, 0.5) is 5.82 Å². The number of rotatable bonds is 30. The first kappa shape index (κ1) is 82.2. The van der Waals surface area contributed by atoms with Gasteiger partial charge in [-0.25, -0.2) is 25.6 Å². The SMILES string of the molecule is CCOC(=O)[C@@]1(Cc2ccc(O)cc2)CC1C(=O)N(CC[Si](C)(C)C)OC.CCOC(=O)[C@@]1(Cc2ccc(OCc3cc(Cl)nc4ccccc34)cc2)CC1C(=O)N(CC[Si](C)(C)C)OC.CCOC(=O)[C@@]1(Cc2ccc(OCc3cc(N4CCN(C)CC4)nc4ccccc34)cc2)CC1C(=O)NO.[B]. The molecule has 561 valence electrons. The summed E-state index contributed by atoms with van der Waals surface area (Å²) in [5.74, 6) is -0.873. The Balaban J connectivity index is 0.000000202. The van der Waals surface area contributed by atoms with Crippen LogP contribution in [-0.2, 0) is 85.1 Å². The molecule has 7 aromatic rings. The number of halogens is 1. The van der Waals surface area contributed by atoms with Gasteiger partial charge >= 0.3 is 17.9 Å². The fraction of sp³-hybridized carbons (Fsp3) is 0.468. The molecule has 3 unspecified atom stereocenters. The fourth-order valence-electron chi connectivity index (χ4n) is 13.4. The Morgan fingerprint density at radius 2 is 0.933 bits per heavy atom. The van der Waals surface area contributed by atoms with Crippen molar-refractivity contribution in [2.75, 3.05) is 85.3 Å². The molecule has 3 saturated carbocycles. The number of fused-ring (bicyclic) bond motifs is 2. The van der Waals surface area contributed by atoms with E-state index in [4.69, 9.17) is 55.2 Å². The molecule has 22 nitrogen and oxygen atoms in total. The Bertz CT molecular complexity index is 4130. The fourth-order valence-corrected chi connectivity index (χ4v) is 15.4. The van der Waals surface area contributed by atoms with Crippen molar-refractivity contribution in [1.82, 2.24) is 30.5 Å². The van der Waals surface area contributed by atoms with Crippen LogP contribution in [-0.4, -0.2) is 176 Å². The second-order valence-corrected chi connectivity index (χ2v) is 41.5. The smallest absolute Gasteiger partial charge is 0.313 e. The molecule has 11 rings (SSSR count). The predicted molar refractivity (Wildman–Crippen MR) is 410 cm³/mol. The van der Waals surface area contributed by atoms with Crippen LogP contribution in [0.3, 0.4) is 0 Å². The molecule has 6 atom stereocenters. The first-order valence-corrected chi connectivity index (χ1v) is 43.7. The molecule has 4 aliphatic rings. The third-order valence-electron chi connectivity index (χ3n) is 19.9. The highest BCUT2D eigenvalue weighted by atomic mass is 35.5. The lowest BCUT2D eigenvalue weighted by Gasteiger charge is -2.33. The van der Waals surface area contributed by atoms with Gasteiger partial charge in [-0.3, -0.25) is 43.6 Å². The molecule has 3 amide bonds. The summed E-state index contributed by atoms with van der Waals surface area (Å²) in [5, 5.41) is 23.8. The average molecular weight is 1490 g/mol. The third kappa shape index (κ3) is 21.2. The third-order valence-corrected chi connectivity index (χ3v) is 23.5. The van der Waals surface area contributed by atoms with E-state index in [0.29, 0.717) is 81.5 Å². The van der Waals surface area contributed by atoms with Crippen LogP contribution in [0.1, 0.15) is 67.9 Å². The minimum Gasteiger partial charge on any atom is -0.508 e. The van der Waals surface area contributed by atoms with Gasteiger partial charge < -0.3 is 38.6 Å². The van der Waals surface area contributed by atoms with E-state index in [1.54, 1.807) is 50.5 Å². The molecular weight excluding hydrogens is 1390 g/mol. The van der Waals surface area contributed by atoms with Gasteiger partial charge in [-0.1, -0.05) is 124 Å². The minimum absolute atomic E-state index is 0. The van der Waals surface area contributed by atoms with Crippen LogP contribution in [0.15, 0.2) is 133 Å². The summed E-state index contributed by atoms with van der Waals surface area (Å²) in [5.41, 5.74) is 5.53. The Kier molecular flexibility index (Phi) is 28.4. The van der Waals surface area contributed by atoms with Crippen molar-refractivity contribution in [3.05, 3.63) is 166 Å². The lowest BCUT2D eigenvalue weighted by Crippen LogP contribution is -2.44. The second kappa shape index (κ2) is 36.2. The summed E-state index contributed by atoms with van der Waals surface area (Å²) >= 11 is 6.20. The molecule has 3 aliphatic carbocycles. The Morgan fingerprint density at radius 3 is 1.33 bits per heavy atom. The summed E-state index contributed by atoms with van der Waals surface area (Å²) < 4.78 is 28.2. The van der Waals surface area contributed by atoms with Gasteiger partial charge in [-0.05, 0) is 156 Å². The first-order valence-electron chi connectivity index (χ1n) is 35.9. The summed E-state index contributed by atoms with van der Waals surface area (Å²) in [7, 11) is 2.46. The number of piperazine rings is 1. The maximum absolute atomic E-state index is 13.3. The van der Waals surface area contributed by atoms with Crippen molar-refractivity contribution in [1.29, 1.82) is 0 Å². The van der Waals surface area contributed by atoms with Crippen LogP contribution in [0.25, 0.3) is 21.8 Å². The van der Waals surface area contributed by atoms with Crippen LogP contribution < -0.4 is 19.9 Å². The van der Waals surface area contributed by atoms with E-state index in [1.165, 1.54) is 24.3 Å². The van der Waals surface area contributed by atoms with Gasteiger partial charge in [-0.15, -0.1) is 0 Å². The van der Waals surface area contributed by atoms with E-state index < -0.39 is 62.0 Å². The molecule has 0 bridgehead atoms. The number of nitrogens with zero attached hydrogens (tertiary/aromatic N) is 6. The number of hydrogen-bond acceptors (Lipinski definition) is 19. The average Bonchev–Trinajstić information content (AvgIpc) is 1.56. The van der Waals surface area contributed by atoms with Crippen LogP contribution in [0.5, 0.6) is 17.2 Å². The van der Waals surface area contributed by atoms with Crippen LogP contribution in [0.2, 0.25) is 56.5 Å². The standard InChI is InChI=1S/C30H37ClN2O5Si.C29H34N4O5.C20H31NO5Si.B/c1-6-37-29(35)30(19-25(30)28(34)33(36-2)15-16-39(3,4)5)18-21-11-13-23(14-12-21)38-20-22-17-27(31)32-26-10-8-7-9-24(22)26;1-3-37-28(35)29(18-24(29)27(34)31-36)17-20-8-10-22(11-9-20)38-19-21-16-26(33-14-12-32(2)13-15-33)30-25-7-5-4-6-23(21)25;1-6-26-19(24)20(13-15-7-9-16(22)10-8-15)14-17(20)18(23)21(25-2)11-12-27(3,4)5;/h7-14,17,25H,6,15-16,18-20H2,1-5H3;4-11,16,24,36H,3,12-15,17-19H2,1-2H3,(H,31,34);7-10,17,22H,6,11-14H2,1-5H3;/t25?,30-;24?,29-;17?,20-;/m000./s1. The van der Waals surface area contributed by atoms with Crippen molar-refractivity contribution in [2.45, 2.75) is 124 Å². The normalized spacial score (nSPS) is 20.1.